The highest BCUT2D eigenvalue weighted by Crippen LogP contribution is 2.38. The molecule has 3 aromatic rings. The van der Waals surface area contributed by atoms with E-state index in [0.717, 1.165) is 5.75 Å². The van der Waals surface area contributed by atoms with Crippen LogP contribution in [0.2, 0.25) is 0 Å². The lowest BCUT2D eigenvalue weighted by molar-refractivity contribution is -0.127. The van der Waals surface area contributed by atoms with Crippen LogP contribution in [0.25, 0.3) is 0 Å². The van der Waals surface area contributed by atoms with Gasteiger partial charge in [0, 0.05) is 17.8 Å². The van der Waals surface area contributed by atoms with E-state index in [1.165, 1.54) is 0 Å². The SMILES string of the molecule is CC(C)CN1C(=O)C(C)(C)COc2ccc(NC(=O)c3ccc(Oc4ccccc4)cc3)cc21. The van der Waals surface area contributed by atoms with E-state index in [-0.39, 0.29) is 17.7 Å². The number of nitrogens with zero attached hydrogens (tertiary/aromatic N) is 1. The summed E-state index contributed by atoms with van der Waals surface area (Å²) in [6, 6.07) is 21.8. The van der Waals surface area contributed by atoms with Crippen molar-refractivity contribution in [1.29, 1.82) is 0 Å². The number of carbonyl (C=O) groups is 2. The molecule has 0 spiro atoms. The minimum atomic E-state index is -0.638. The molecule has 0 atom stereocenters. The Labute approximate surface area is 200 Å². The van der Waals surface area contributed by atoms with Gasteiger partial charge in [-0.1, -0.05) is 32.0 Å². The molecule has 0 saturated heterocycles. The lowest BCUT2D eigenvalue weighted by Gasteiger charge is -2.29. The highest BCUT2D eigenvalue weighted by molar-refractivity contribution is 6.05. The number of fused-ring (bicyclic) bond motifs is 1. The summed E-state index contributed by atoms with van der Waals surface area (Å²) in [4.78, 5) is 27.9. The lowest BCUT2D eigenvalue weighted by atomic mass is 9.92. The van der Waals surface area contributed by atoms with E-state index < -0.39 is 5.41 Å². The molecule has 0 aromatic heterocycles. The molecule has 6 nitrogen and oxygen atoms in total. The molecule has 0 bridgehead atoms. The number of benzene rings is 3. The molecular weight excluding hydrogens is 428 g/mol. The van der Waals surface area contributed by atoms with Gasteiger partial charge in [-0.25, -0.2) is 0 Å². The first-order valence-corrected chi connectivity index (χ1v) is 11.5. The second-order valence-corrected chi connectivity index (χ2v) is 9.56. The number of nitrogens with one attached hydrogen (secondary N) is 1. The van der Waals surface area contributed by atoms with E-state index >= 15 is 0 Å². The Morgan fingerprint density at radius 1 is 1.03 bits per heavy atom. The van der Waals surface area contributed by atoms with Crippen molar-refractivity contribution in [3.8, 4) is 17.2 Å². The zero-order valence-electron chi connectivity index (χ0n) is 20.0. The fraction of sp³-hybridized carbons (Fsp3) is 0.286. The third-order valence-electron chi connectivity index (χ3n) is 5.56. The largest absolute Gasteiger partial charge is 0.490 e. The van der Waals surface area contributed by atoms with Gasteiger partial charge in [-0.05, 0) is 74.4 Å². The van der Waals surface area contributed by atoms with Crippen LogP contribution in [-0.2, 0) is 4.79 Å². The summed E-state index contributed by atoms with van der Waals surface area (Å²) in [5, 5.41) is 2.93. The monoisotopic (exact) mass is 458 g/mol. The molecule has 1 N–H and O–H groups in total. The number of hydrogen-bond donors (Lipinski definition) is 1. The fourth-order valence-electron chi connectivity index (χ4n) is 3.77. The molecular formula is C28H30N2O4. The van der Waals surface area contributed by atoms with Gasteiger partial charge >= 0.3 is 0 Å². The maximum absolute atomic E-state index is 13.2. The van der Waals surface area contributed by atoms with Crippen molar-refractivity contribution in [1.82, 2.24) is 0 Å². The molecule has 3 aromatic carbocycles. The Hall–Kier alpha value is -3.80. The second kappa shape index (κ2) is 9.59. The number of ether oxygens (including phenoxy) is 2. The molecule has 0 saturated carbocycles. The van der Waals surface area contributed by atoms with Gasteiger partial charge in [0.2, 0.25) is 5.91 Å². The summed E-state index contributed by atoms with van der Waals surface area (Å²) in [6.07, 6.45) is 0. The van der Waals surface area contributed by atoms with Crippen LogP contribution in [0.3, 0.4) is 0 Å². The fourth-order valence-corrected chi connectivity index (χ4v) is 3.77. The van der Waals surface area contributed by atoms with E-state index in [1.54, 1.807) is 35.2 Å². The van der Waals surface area contributed by atoms with Crippen LogP contribution >= 0.6 is 0 Å². The predicted molar refractivity (Wildman–Crippen MR) is 134 cm³/mol. The third kappa shape index (κ3) is 5.22. The molecule has 1 aliphatic heterocycles. The molecule has 0 aliphatic carbocycles. The van der Waals surface area contributed by atoms with Crippen LogP contribution in [0.4, 0.5) is 11.4 Å². The molecule has 6 heteroatoms. The molecule has 1 heterocycles. The van der Waals surface area contributed by atoms with Gasteiger partial charge in [-0.3, -0.25) is 9.59 Å². The normalized spacial score (nSPS) is 14.7. The number of anilines is 2. The van der Waals surface area contributed by atoms with E-state index in [4.69, 9.17) is 9.47 Å². The Balaban J connectivity index is 1.52. The Morgan fingerprint density at radius 3 is 2.38 bits per heavy atom. The minimum Gasteiger partial charge on any atom is -0.490 e. The molecule has 0 radical (unpaired) electrons. The van der Waals surface area contributed by atoms with Crippen LogP contribution in [0.1, 0.15) is 38.1 Å². The van der Waals surface area contributed by atoms with Crippen LogP contribution in [-0.4, -0.2) is 25.0 Å². The topological polar surface area (TPSA) is 67.9 Å². The van der Waals surface area contributed by atoms with E-state index in [2.05, 4.69) is 19.2 Å². The van der Waals surface area contributed by atoms with Crippen molar-refractivity contribution >= 4 is 23.2 Å². The van der Waals surface area contributed by atoms with Gasteiger partial charge in [-0.2, -0.15) is 0 Å². The maximum atomic E-state index is 13.2. The molecule has 0 fully saturated rings. The van der Waals surface area contributed by atoms with E-state index in [0.29, 0.717) is 41.6 Å². The predicted octanol–water partition coefficient (Wildman–Crippen LogP) is 6.14. The smallest absolute Gasteiger partial charge is 0.255 e. The second-order valence-electron chi connectivity index (χ2n) is 9.56. The van der Waals surface area contributed by atoms with Crippen molar-refractivity contribution in [2.24, 2.45) is 11.3 Å². The van der Waals surface area contributed by atoms with Gasteiger partial charge < -0.3 is 19.7 Å². The molecule has 4 rings (SSSR count). The van der Waals surface area contributed by atoms with Crippen molar-refractivity contribution in [2.75, 3.05) is 23.4 Å². The summed E-state index contributed by atoms with van der Waals surface area (Å²) in [6.45, 7) is 8.80. The average Bonchev–Trinajstić information content (AvgIpc) is 2.90. The summed E-state index contributed by atoms with van der Waals surface area (Å²) in [7, 11) is 0. The minimum absolute atomic E-state index is 0.0115. The van der Waals surface area contributed by atoms with Crippen LogP contribution in [0, 0.1) is 11.3 Å². The number of amides is 2. The first-order valence-electron chi connectivity index (χ1n) is 11.5. The van der Waals surface area contributed by atoms with Gasteiger partial charge in [-0.15, -0.1) is 0 Å². The van der Waals surface area contributed by atoms with Gasteiger partial charge in [0.05, 0.1) is 11.1 Å². The van der Waals surface area contributed by atoms with Crippen LogP contribution in [0.15, 0.2) is 72.8 Å². The standard InChI is InChI=1S/C28H30N2O4/c1-19(2)17-30-24-16-21(12-15-25(24)33-18-28(3,4)27(30)32)29-26(31)20-10-13-23(14-11-20)34-22-8-6-5-7-9-22/h5-16,19H,17-18H2,1-4H3,(H,29,31). The van der Waals surface area contributed by atoms with Crippen molar-refractivity contribution in [2.45, 2.75) is 27.7 Å². The van der Waals surface area contributed by atoms with E-state index in [9.17, 15) is 9.59 Å². The number of para-hydroxylation sites is 1. The van der Waals surface area contributed by atoms with Crippen LogP contribution < -0.4 is 19.7 Å². The first kappa shape index (κ1) is 23.4. The third-order valence-corrected chi connectivity index (χ3v) is 5.56. The highest BCUT2D eigenvalue weighted by atomic mass is 16.5. The van der Waals surface area contributed by atoms with Gasteiger partial charge in [0.25, 0.3) is 5.91 Å². The summed E-state index contributed by atoms with van der Waals surface area (Å²) in [5.74, 6) is 2.06. The van der Waals surface area contributed by atoms with Crippen molar-refractivity contribution < 1.29 is 19.1 Å². The number of hydrogen-bond acceptors (Lipinski definition) is 4. The quantitative estimate of drug-likeness (QED) is 0.482. The van der Waals surface area contributed by atoms with Crippen molar-refractivity contribution in [3.63, 3.8) is 0 Å². The van der Waals surface area contributed by atoms with E-state index in [1.807, 2.05) is 56.3 Å². The maximum Gasteiger partial charge on any atom is 0.255 e. The molecule has 34 heavy (non-hydrogen) atoms. The summed E-state index contributed by atoms with van der Waals surface area (Å²) < 4.78 is 11.8. The Kier molecular flexibility index (Phi) is 6.59. The first-order chi connectivity index (χ1) is 16.2. The Morgan fingerprint density at radius 2 is 1.71 bits per heavy atom. The molecule has 176 valence electrons. The lowest BCUT2D eigenvalue weighted by Crippen LogP contribution is -2.43. The zero-order valence-corrected chi connectivity index (χ0v) is 20.0. The summed E-state index contributed by atoms with van der Waals surface area (Å²) in [5.41, 5.74) is 1.13. The van der Waals surface area contributed by atoms with Crippen LogP contribution in [0.5, 0.6) is 17.2 Å². The molecule has 0 unspecified atom stereocenters. The highest BCUT2D eigenvalue weighted by Gasteiger charge is 2.38. The zero-order chi connectivity index (χ0) is 24.3. The average molecular weight is 459 g/mol. The Bertz CT molecular complexity index is 1170. The molecule has 1 aliphatic rings. The summed E-state index contributed by atoms with van der Waals surface area (Å²) >= 11 is 0. The number of rotatable bonds is 6. The van der Waals surface area contributed by atoms with Gasteiger partial charge in [0.15, 0.2) is 0 Å². The molecule has 2 amide bonds. The number of carbonyl (C=O) groups excluding carboxylic acids is 2. The van der Waals surface area contributed by atoms with Gasteiger partial charge in [0.1, 0.15) is 23.9 Å². The van der Waals surface area contributed by atoms with Crippen molar-refractivity contribution in [3.05, 3.63) is 78.4 Å².